The summed E-state index contributed by atoms with van der Waals surface area (Å²) in [6, 6.07) is 0.327. The molecule has 2 rings (SSSR count). The van der Waals surface area contributed by atoms with Crippen LogP contribution >= 0.6 is 0 Å². The van der Waals surface area contributed by atoms with Gasteiger partial charge in [0, 0.05) is 24.6 Å². The van der Waals surface area contributed by atoms with Crippen molar-refractivity contribution >= 4 is 0 Å². The normalized spacial score (nSPS) is 26.4. The van der Waals surface area contributed by atoms with E-state index in [-0.39, 0.29) is 5.54 Å². The van der Waals surface area contributed by atoms with E-state index in [4.69, 9.17) is 10.5 Å². The summed E-state index contributed by atoms with van der Waals surface area (Å²) in [6.45, 7) is 5.56. The molecule has 1 aliphatic heterocycles. The van der Waals surface area contributed by atoms with Crippen LogP contribution in [0.4, 0.5) is 0 Å². The Labute approximate surface area is 89.6 Å². The minimum absolute atomic E-state index is 0.250. The van der Waals surface area contributed by atoms with Crippen molar-refractivity contribution in [3.63, 3.8) is 0 Å². The molecule has 1 aliphatic rings. The first-order chi connectivity index (χ1) is 7.11. The van der Waals surface area contributed by atoms with Gasteiger partial charge in [0.05, 0.1) is 6.61 Å². The Morgan fingerprint density at radius 1 is 1.67 bits per heavy atom. The number of hydrogen-bond acceptors (Lipinski definition) is 4. The maximum atomic E-state index is 6.21. The van der Waals surface area contributed by atoms with E-state index < -0.39 is 0 Å². The van der Waals surface area contributed by atoms with Gasteiger partial charge < -0.3 is 10.5 Å². The molecule has 0 aliphatic carbocycles. The summed E-state index contributed by atoms with van der Waals surface area (Å²) in [5.41, 5.74) is 5.96. The summed E-state index contributed by atoms with van der Waals surface area (Å²) >= 11 is 0. The molecule has 1 aromatic heterocycles. The van der Waals surface area contributed by atoms with Crippen LogP contribution in [-0.2, 0) is 11.2 Å². The zero-order chi connectivity index (χ0) is 10.9. The molecule has 1 aromatic rings. The van der Waals surface area contributed by atoms with Gasteiger partial charge in [-0.1, -0.05) is 0 Å². The van der Waals surface area contributed by atoms with Crippen LogP contribution in [0.25, 0.3) is 0 Å². The third-order valence-corrected chi connectivity index (χ3v) is 2.78. The maximum absolute atomic E-state index is 6.21. The Kier molecular flexibility index (Phi) is 2.75. The lowest BCUT2D eigenvalue weighted by atomic mass is 9.95. The summed E-state index contributed by atoms with van der Waals surface area (Å²) < 4.78 is 7.25. The van der Waals surface area contributed by atoms with Gasteiger partial charge in [-0.15, -0.1) is 0 Å². The van der Waals surface area contributed by atoms with E-state index in [1.54, 1.807) is 6.33 Å². The number of ether oxygens (including phenoxy) is 1. The second-order valence-corrected chi connectivity index (χ2v) is 4.56. The largest absolute Gasteiger partial charge is 0.379 e. The van der Waals surface area contributed by atoms with Crippen LogP contribution in [0.15, 0.2) is 6.33 Å². The average Bonchev–Trinajstić information content (AvgIpc) is 2.75. The van der Waals surface area contributed by atoms with E-state index in [2.05, 4.69) is 23.9 Å². The molecule has 1 saturated heterocycles. The fourth-order valence-corrected chi connectivity index (χ4v) is 1.91. The lowest BCUT2D eigenvalue weighted by Crippen LogP contribution is -2.43. The number of hydrogen-bond donors (Lipinski definition) is 1. The molecular weight excluding hydrogens is 192 g/mol. The maximum Gasteiger partial charge on any atom is 0.138 e. The molecule has 0 spiro atoms. The molecule has 0 amide bonds. The molecule has 1 unspecified atom stereocenters. The lowest BCUT2D eigenvalue weighted by Gasteiger charge is -2.21. The third kappa shape index (κ3) is 2.18. The second kappa shape index (κ2) is 3.90. The Bertz CT molecular complexity index is 328. The van der Waals surface area contributed by atoms with Crippen molar-refractivity contribution in [1.29, 1.82) is 0 Å². The summed E-state index contributed by atoms with van der Waals surface area (Å²) in [5.74, 6) is 0.956. The van der Waals surface area contributed by atoms with E-state index in [1.807, 2.05) is 4.68 Å². The molecule has 1 atom stereocenters. The van der Waals surface area contributed by atoms with Gasteiger partial charge in [0.15, 0.2) is 0 Å². The summed E-state index contributed by atoms with van der Waals surface area (Å²) in [4.78, 5) is 4.26. The fraction of sp³-hybridized carbons (Fsp3) is 0.800. The smallest absolute Gasteiger partial charge is 0.138 e. The molecule has 5 heteroatoms. The number of nitrogens with two attached hydrogens (primary N) is 1. The highest BCUT2D eigenvalue weighted by Gasteiger charge is 2.32. The van der Waals surface area contributed by atoms with E-state index >= 15 is 0 Å². The van der Waals surface area contributed by atoms with Crippen LogP contribution in [0.2, 0.25) is 0 Å². The van der Waals surface area contributed by atoms with Gasteiger partial charge in [-0.25, -0.2) is 9.67 Å². The van der Waals surface area contributed by atoms with Crippen molar-refractivity contribution in [3.05, 3.63) is 12.2 Å². The SMILES string of the molecule is CC(C)n1ncnc1CC1(N)CCOC1. The first-order valence-electron chi connectivity index (χ1n) is 5.36. The summed E-state index contributed by atoms with van der Waals surface area (Å²) in [5, 5.41) is 4.20. The van der Waals surface area contributed by atoms with Crippen LogP contribution in [-0.4, -0.2) is 33.5 Å². The molecule has 2 N–H and O–H groups in total. The number of rotatable bonds is 3. The molecule has 1 fully saturated rings. The van der Waals surface area contributed by atoms with Gasteiger partial charge >= 0.3 is 0 Å². The molecule has 5 nitrogen and oxygen atoms in total. The highest BCUT2D eigenvalue weighted by Crippen LogP contribution is 2.20. The zero-order valence-electron chi connectivity index (χ0n) is 9.31. The average molecular weight is 210 g/mol. The predicted octanol–water partition coefficient (Wildman–Crippen LogP) is 0.519. The molecule has 84 valence electrons. The van der Waals surface area contributed by atoms with E-state index in [1.165, 1.54) is 0 Å². The monoisotopic (exact) mass is 210 g/mol. The Morgan fingerprint density at radius 2 is 2.47 bits per heavy atom. The minimum Gasteiger partial charge on any atom is -0.379 e. The van der Waals surface area contributed by atoms with Crippen LogP contribution in [0.5, 0.6) is 0 Å². The summed E-state index contributed by atoms with van der Waals surface area (Å²) in [6.07, 6.45) is 3.23. The molecule has 2 heterocycles. The Morgan fingerprint density at radius 3 is 3.07 bits per heavy atom. The molecule has 0 aromatic carbocycles. The number of aromatic nitrogens is 3. The second-order valence-electron chi connectivity index (χ2n) is 4.56. The van der Waals surface area contributed by atoms with Crippen molar-refractivity contribution in [1.82, 2.24) is 14.8 Å². The van der Waals surface area contributed by atoms with Gasteiger partial charge in [0.1, 0.15) is 12.2 Å². The van der Waals surface area contributed by atoms with Gasteiger partial charge in [0.2, 0.25) is 0 Å². The first-order valence-corrected chi connectivity index (χ1v) is 5.36. The van der Waals surface area contributed by atoms with Crippen molar-refractivity contribution in [2.24, 2.45) is 5.73 Å². The molecule has 15 heavy (non-hydrogen) atoms. The van der Waals surface area contributed by atoms with Crippen LogP contribution in [0, 0.1) is 0 Å². The van der Waals surface area contributed by atoms with Crippen molar-refractivity contribution in [3.8, 4) is 0 Å². The third-order valence-electron chi connectivity index (χ3n) is 2.78. The van der Waals surface area contributed by atoms with Crippen molar-refractivity contribution < 1.29 is 4.74 Å². The van der Waals surface area contributed by atoms with E-state index in [0.29, 0.717) is 12.6 Å². The van der Waals surface area contributed by atoms with Crippen LogP contribution < -0.4 is 5.73 Å². The molecular formula is C10H18N4O. The minimum atomic E-state index is -0.250. The highest BCUT2D eigenvalue weighted by molar-refractivity contribution is 5.00. The van der Waals surface area contributed by atoms with Gasteiger partial charge in [-0.3, -0.25) is 0 Å². The van der Waals surface area contributed by atoms with Crippen LogP contribution in [0.3, 0.4) is 0 Å². The van der Waals surface area contributed by atoms with Gasteiger partial charge in [-0.05, 0) is 20.3 Å². The molecule has 0 radical (unpaired) electrons. The van der Waals surface area contributed by atoms with Gasteiger partial charge in [-0.2, -0.15) is 5.10 Å². The van der Waals surface area contributed by atoms with Crippen molar-refractivity contribution in [2.75, 3.05) is 13.2 Å². The van der Waals surface area contributed by atoms with Crippen LogP contribution in [0.1, 0.15) is 32.1 Å². The standard InChI is InChI=1S/C10H18N4O/c1-8(2)14-9(12-7-13-14)5-10(11)3-4-15-6-10/h7-8H,3-6,11H2,1-2H3. The number of nitrogens with zero attached hydrogens (tertiary/aromatic N) is 3. The van der Waals surface area contributed by atoms with Crippen molar-refractivity contribution in [2.45, 2.75) is 38.3 Å². The lowest BCUT2D eigenvalue weighted by molar-refractivity contribution is 0.177. The van der Waals surface area contributed by atoms with Gasteiger partial charge in [0.25, 0.3) is 0 Å². The highest BCUT2D eigenvalue weighted by atomic mass is 16.5. The molecule has 0 bridgehead atoms. The van der Waals surface area contributed by atoms with E-state index in [9.17, 15) is 0 Å². The topological polar surface area (TPSA) is 66.0 Å². The van der Waals surface area contributed by atoms with E-state index in [0.717, 1.165) is 25.3 Å². The summed E-state index contributed by atoms with van der Waals surface area (Å²) in [7, 11) is 0. The zero-order valence-corrected chi connectivity index (χ0v) is 9.31. The first kappa shape index (κ1) is 10.6. The predicted molar refractivity (Wildman–Crippen MR) is 56.5 cm³/mol. The molecule has 0 saturated carbocycles. The fourth-order valence-electron chi connectivity index (χ4n) is 1.91. The Balaban J connectivity index is 2.13. The Hall–Kier alpha value is -0.940. The quantitative estimate of drug-likeness (QED) is 0.789.